The van der Waals surface area contributed by atoms with Gasteiger partial charge in [0.05, 0.1) is 5.69 Å². The van der Waals surface area contributed by atoms with E-state index in [4.69, 9.17) is 0 Å². The molecule has 0 heterocycles. The maximum absolute atomic E-state index is 13.6. The Labute approximate surface area is 143 Å². The zero-order chi connectivity index (χ0) is 17.5. The van der Waals surface area contributed by atoms with Gasteiger partial charge in [0, 0.05) is 11.5 Å². The van der Waals surface area contributed by atoms with Gasteiger partial charge in [-0.1, -0.05) is 57.2 Å². The fraction of sp³-hybridized carbons (Fsp3) is 0.350. The Morgan fingerprint density at radius 3 is 2.38 bits per heavy atom. The van der Waals surface area contributed by atoms with Crippen LogP contribution in [0, 0.1) is 11.7 Å². The van der Waals surface area contributed by atoms with Crippen molar-refractivity contribution in [2.24, 2.45) is 5.92 Å². The minimum Gasteiger partial charge on any atom is -0.332 e. The Morgan fingerprint density at radius 1 is 1.12 bits per heavy atom. The zero-order valence-electron chi connectivity index (χ0n) is 14.6. The van der Waals surface area contributed by atoms with Gasteiger partial charge in [-0.3, -0.25) is 4.79 Å². The molecular formula is C20H26FN2O+. The summed E-state index contributed by atoms with van der Waals surface area (Å²) in [6.07, 6.45) is 1.02. The molecule has 0 unspecified atom stereocenters. The number of anilines is 1. The number of halogens is 1. The predicted octanol–water partition coefficient (Wildman–Crippen LogP) is 3.29. The summed E-state index contributed by atoms with van der Waals surface area (Å²) in [5.41, 5.74) is 2.74. The van der Waals surface area contributed by atoms with Crippen molar-refractivity contribution in [2.75, 3.05) is 11.9 Å². The van der Waals surface area contributed by atoms with Gasteiger partial charge in [0.1, 0.15) is 11.9 Å². The van der Waals surface area contributed by atoms with Gasteiger partial charge in [-0.25, -0.2) is 4.39 Å². The summed E-state index contributed by atoms with van der Waals surface area (Å²) >= 11 is 0. The van der Waals surface area contributed by atoms with Crippen molar-refractivity contribution in [3.63, 3.8) is 0 Å². The minimum atomic E-state index is -0.415. The Balaban J connectivity index is 1.98. The number of rotatable bonds is 7. The van der Waals surface area contributed by atoms with E-state index in [0.29, 0.717) is 5.92 Å². The first-order valence-electron chi connectivity index (χ1n) is 8.47. The summed E-state index contributed by atoms with van der Waals surface area (Å²) in [6, 6.07) is 14.9. The highest BCUT2D eigenvalue weighted by atomic mass is 19.1. The van der Waals surface area contributed by atoms with Crippen LogP contribution in [-0.4, -0.2) is 12.5 Å². The molecule has 1 amide bonds. The molecule has 0 aromatic heterocycles. The number of carbonyl (C=O) groups is 1. The monoisotopic (exact) mass is 329 g/mol. The van der Waals surface area contributed by atoms with E-state index < -0.39 is 5.82 Å². The summed E-state index contributed by atoms with van der Waals surface area (Å²) in [4.78, 5) is 12.1. The van der Waals surface area contributed by atoms with E-state index in [1.807, 2.05) is 5.32 Å². The number of benzene rings is 2. The molecule has 0 aliphatic rings. The number of carbonyl (C=O) groups excluding carboxylic acids is 1. The smallest absolute Gasteiger partial charge is 0.279 e. The second kappa shape index (κ2) is 8.60. The largest absolute Gasteiger partial charge is 0.332 e. The average Bonchev–Trinajstić information content (AvgIpc) is 2.57. The van der Waals surface area contributed by atoms with Gasteiger partial charge in [-0.15, -0.1) is 0 Å². The molecule has 0 aliphatic heterocycles. The highest BCUT2D eigenvalue weighted by Crippen LogP contribution is 2.18. The van der Waals surface area contributed by atoms with Crippen molar-refractivity contribution in [1.82, 2.24) is 0 Å². The minimum absolute atomic E-state index is 0.197. The third kappa shape index (κ3) is 4.90. The fourth-order valence-corrected chi connectivity index (χ4v) is 2.77. The molecule has 0 saturated carbocycles. The van der Waals surface area contributed by atoms with Crippen molar-refractivity contribution in [2.45, 2.75) is 33.2 Å². The molecule has 0 aliphatic carbocycles. The lowest BCUT2D eigenvalue weighted by atomic mass is 9.95. The summed E-state index contributed by atoms with van der Waals surface area (Å²) in [5.74, 6) is -0.226. The molecular weight excluding hydrogens is 303 g/mol. The standard InChI is InChI=1S/C20H25FN2O/c1-4-15-9-11-16(12-10-15)20(14(2)3)22-13-19(24)23-18-8-6-5-7-17(18)21/h5-12,14,20,22H,4,13H2,1-3H3,(H,23,24)/p+1/t20-/m1/s1. The van der Waals surface area contributed by atoms with Crippen molar-refractivity contribution in [3.8, 4) is 0 Å². The number of nitrogens with two attached hydrogens (primary N) is 1. The van der Waals surface area contributed by atoms with Crippen molar-refractivity contribution >= 4 is 11.6 Å². The predicted molar refractivity (Wildman–Crippen MR) is 95.2 cm³/mol. The molecule has 24 heavy (non-hydrogen) atoms. The van der Waals surface area contributed by atoms with Crippen LogP contribution in [0.3, 0.4) is 0 Å². The van der Waals surface area contributed by atoms with Gasteiger partial charge in [0.15, 0.2) is 6.54 Å². The van der Waals surface area contributed by atoms with E-state index >= 15 is 0 Å². The van der Waals surface area contributed by atoms with Gasteiger partial charge in [0.2, 0.25) is 0 Å². The van der Waals surface area contributed by atoms with E-state index in [0.717, 1.165) is 6.42 Å². The van der Waals surface area contributed by atoms with Crippen LogP contribution in [0.1, 0.15) is 37.9 Å². The van der Waals surface area contributed by atoms with E-state index in [1.54, 1.807) is 18.2 Å². The fourth-order valence-electron chi connectivity index (χ4n) is 2.77. The summed E-state index contributed by atoms with van der Waals surface area (Å²) < 4.78 is 13.6. The van der Waals surface area contributed by atoms with E-state index in [-0.39, 0.29) is 24.2 Å². The molecule has 1 atom stereocenters. The van der Waals surface area contributed by atoms with Crippen molar-refractivity contribution in [1.29, 1.82) is 0 Å². The molecule has 128 valence electrons. The first-order valence-corrected chi connectivity index (χ1v) is 8.47. The number of quaternary nitrogens is 1. The Kier molecular flexibility index (Phi) is 6.50. The van der Waals surface area contributed by atoms with Crippen molar-refractivity contribution in [3.05, 3.63) is 65.5 Å². The lowest BCUT2D eigenvalue weighted by Crippen LogP contribution is -2.88. The maximum atomic E-state index is 13.6. The SMILES string of the molecule is CCc1ccc([C@H]([NH2+]CC(=O)Nc2ccccc2F)C(C)C)cc1. The Morgan fingerprint density at radius 2 is 1.79 bits per heavy atom. The first-order chi connectivity index (χ1) is 11.5. The molecule has 0 radical (unpaired) electrons. The highest BCUT2D eigenvalue weighted by Gasteiger charge is 2.20. The quantitative estimate of drug-likeness (QED) is 0.804. The summed E-state index contributed by atoms with van der Waals surface area (Å²) in [5, 5.41) is 4.64. The lowest BCUT2D eigenvalue weighted by Gasteiger charge is -2.20. The van der Waals surface area contributed by atoms with Gasteiger partial charge in [0.25, 0.3) is 5.91 Å². The van der Waals surface area contributed by atoms with E-state index in [1.165, 1.54) is 17.2 Å². The van der Waals surface area contributed by atoms with Crippen molar-refractivity contribution < 1.29 is 14.5 Å². The molecule has 0 spiro atoms. The number of amides is 1. The highest BCUT2D eigenvalue weighted by molar-refractivity contribution is 5.91. The molecule has 2 rings (SSSR count). The van der Waals surface area contributed by atoms with Crippen LogP contribution in [0.25, 0.3) is 0 Å². The van der Waals surface area contributed by atoms with Gasteiger partial charge >= 0.3 is 0 Å². The van der Waals surface area contributed by atoms with Crippen LogP contribution in [0.2, 0.25) is 0 Å². The molecule has 2 aromatic rings. The number of aryl methyl sites for hydroxylation is 1. The Bertz CT molecular complexity index is 668. The molecule has 0 fully saturated rings. The topological polar surface area (TPSA) is 45.7 Å². The number of hydrogen-bond acceptors (Lipinski definition) is 1. The van der Waals surface area contributed by atoms with E-state index in [2.05, 4.69) is 50.4 Å². The molecule has 2 aromatic carbocycles. The molecule has 3 N–H and O–H groups in total. The lowest BCUT2D eigenvalue weighted by molar-refractivity contribution is -0.692. The zero-order valence-corrected chi connectivity index (χ0v) is 14.6. The van der Waals surface area contributed by atoms with Crippen LogP contribution in [-0.2, 0) is 11.2 Å². The van der Waals surface area contributed by atoms with Gasteiger partial charge in [-0.2, -0.15) is 0 Å². The van der Waals surface area contributed by atoms with Crippen LogP contribution in [0.15, 0.2) is 48.5 Å². The molecule has 3 nitrogen and oxygen atoms in total. The number of nitrogens with one attached hydrogen (secondary N) is 1. The van der Waals surface area contributed by atoms with Crippen LogP contribution < -0.4 is 10.6 Å². The maximum Gasteiger partial charge on any atom is 0.279 e. The summed E-state index contributed by atoms with van der Waals surface area (Å²) in [6.45, 7) is 6.67. The van der Waals surface area contributed by atoms with Crippen LogP contribution >= 0.6 is 0 Å². The average molecular weight is 329 g/mol. The third-order valence-electron chi connectivity index (χ3n) is 4.20. The van der Waals surface area contributed by atoms with Crippen LogP contribution in [0.4, 0.5) is 10.1 Å². The Hall–Kier alpha value is -2.20. The molecule has 0 saturated heterocycles. The summed E-state index contributed by atoms with van der Waals surface area (Å²) in [7, 11) is 0. The second-order valence-corrected chi connectivity index (χ2v) is 6.33. The number of para-hydroxylation sites is 1. The molecule has 0 bridgehead atoms. The third-order valence-corrected chi connectivity index (χ3v) is 4.20. The first kappa shape index (κ1) is 18.1. The van der Waals surface area contributed by atoms with Gasteiger partial charge < -0.3 is 10.6 Å². The van der Waals surface area contributed by atoms with Gasteiger partial charge in [-0.05, 0) is 24.1 Å². The van der Waals surface area contributed by atoms with E-state index in [9.17, 15) is 9.18 Å². The second-order valence-electron chi connectivity index (χ2n) is 6.33. The normalized spacial score (nSPS) is 12.2. The molecule has 4 heteroatoms. The number of hydrogen-bond donors (Lipinski definition) is 2. The van der Waals surface area contributed by atoms with Crippen LogP contribution in [0.5, 0.6) is 0 Å².